The summed E-state index contributed by atoms with van der Waals surface area (Å²) in [7, 11) is -0.761. The van der Waals surface area contributed by atoms with Gasteiger partial charge in [0.25, 0.3) is 10.0 Å². The predicted molar refractivity (Wildman–Crippen MR) is 120 cm³/mol. The molecule has 0 saturated heterocycles. The topological polar surface area (TPSA) is 103 Å². The predicted octanol–water partition coefficient (Wildman–Crippen LogP) is 3.54. The highest BCUT2D eigenvalue weighted by molar-refractivity contribution is 7.89. The van der Waals surface area contributed by atoms with Crippen molar-refractivity contribution in [3.8, 4) is 17.2 Å². The first kappa shape index (κ1) is 22.8. The summed E-state index contributed by atoms with van der Waals surface area (Å²) in [6.07, 6.45) is 1.35. The number of ether oxygens (including phenoxy) is 3. The van der Waals surface area contributed by atoms with Crippen molar-refractivity contribution in [1.29, 1.82) is 0 Å². The molecule has 0 atom stereocenters. The lowest BCUT2D eigenvalue weighted by molar-refractivity contribution is 0.0734. The Bertz CT molecular complexity index is 1220. The van der Waals surface area contributed by atoms with Crippen LogP contribution in [0.2, 0.25) is 0 Å². The molecule has 1 N–H and O–H groups in total. The van der Waals surface area contributed by atoms with Crippen molar-refractivity contribution in [1.82, 2.24) is 4.83 Å². The fourth-order valence-electron chi connectivity index (χ4n) is 2.69. The average Bonchev–Trinajstić information content (AvgIpc) is 2.80. The van der Waals surface area contributed by atoms with E-state index < -0.39 is 16.0 Å². The van der Waals surface area contributed by atoms with E-state index in [1.165, 1.54) is 38.6 Å². The zero-order valence-corrected chi connectivity index (χ0v) is 18.5. The lowest BCUT2D eigenvalue weighted by atomic mass is 10.2. The Balaban J connectivity index is 1.62. The number of sulfonamides is 1. The third-order valence-corrected chi connectivity index (χ3v) is 5.67. The van der Waals surface area contributed by atoms with Gasteiger partial charge >= 0.3 is 5.97 Å². The van der Waals surface area contributed by atoms with Gasteiger partial charge in [-0.25, -0.2) is 9.63 Å². The Kier molecular flexibility index (Phi) is 7.11. The number of hydrogen-bond donors (Lipinski definition) is 1. The van der Waals surface area contributed by atoms with E-state index >= 15 is 0 Å². The third kappa shape index (κ3) is 5.64. The molecule has 0 spiro atoms. The Hall–Kier alpha value is -3.85. The van der Waals surface area contributed by atoms with Gasteiger partial charge in [-0.1, -0.05) is 17.7 Å². The number of benzene rings is 3. The van der Waals surface area contributed by atoms with Crippen LogP contribution in [0.3, 0.4) is 0 Å². The number of hydrogen-bond acceptors (Lipinski definition) is 7. The highest BCUT2D eigenvalue weighted by Crippen LogP contribution is 2.28. The van der Waals surface area contributed by atoms with E-state index in [-0.39, 0.29) is 4.90 Å². The van der Waals surface area contributed by atoms with Crippen molar-refractivity contribution in [3.63, 3.8) is 0 Å². The Morgan fingerprint density at radius 1 is 0.906 bits per heavy atom. The molecule has 0 aliphatic carbocycles. The number of carbonyl (C=O) groups excluding carboxylic acids is 1. The van der Waals surface area contributed by atoms with Crippen LogP contribution in [0.15, 0.2) is 76.7 Å². The zero-order chi connectivity index (χ0) is 23.1. The van der Waals surface area contributed by atoms with Gasteiger partial charge in [-0.15, -0.1) is 0 Å². The van der Waals surface area contributed by atoms with Crippen LogP contribution in [-0.2, 0) is 10.0 Å². The van der Waals surface area contributed by atoms with Crippen molar-refractivity contribution in [2.45, 2.75) is 11.8 Å². The molecule has 0 heterocycles. The van der Waals surface area contributed by atoms with Gasteiger partial charge in [0.1, 0.15) is 5.75 Å². The summed E-state index contributed by atoms with van der Waals surface area (Å²) in [5.41, 5.74) is 1.88. The molecule has 3 rings (SSSR count). The molecule has 32 heavy (non-hydrogen) atoms. The van der Waals surface area contributed by atoms with Crippen molar-refractivity contribution in [3.05, 3.63) is 83.4 Å². The Morgan fingerprint density at radius 3 is 2.19 bits per heavy atom. The van der Waals surface area contributed by atoms with Crippen LogP contribution in [0.4, 0.5) is 0 Å². The fourth-order valence-corrected chi connectivity index (χ4v) is 3.48. The normalized spacial score (nSPS) is 11.2. The van der Waals surface area contributed by atoms with E-state index in [2.05, 4.69) is 9.93 Å². The van der Waals surface area contributed by atoms with Crippen LogP contribution in [-0.4, -0.2) is 34.8 Å². The summed E-state index contributed by atoms with van der Waals surface area (Å²) in [4.78, 5) is 14.7. The molecule has 3 aromatic carbocycles. The smallest absolute Gasteiger partial charge is 0.343 e. The first-order valence-corrected chi connectivity index (χ1v) is 11.0. The molecule has 0 bridgehead atoms. The molecular formula is C23H22N2O6S. The molecule has 0 unspecified atom stereocenters. The number of carbonyl (C=O) groups is 1. The molecule has 0 radical (unpaired) electrons. The van der Waals surface area contributed by atoms with Crippen molar-refractivity contribution in [2.24, 2.45) is 5.10 Å². The lowest BCUT2D eigenvalue weighted by Gasteiger charge is -2.09. The molecule has 0 aliphatic heterocycles. The minimum absolute atomic E-state index is 0.123. The van der Waals surface area contributed by atoms with Crippen LogP contribution < -0.4 is 19.0 Å². The number of aryl methyl sites for hydroxylation is 1. The van der Waals surface area contributed by atoms with Gasteiger partial charge in [0.05, 0.1) is 30.9 Å². The van der Waals surface area contributed by atoms with Gasteiger partial charge in [0.15, 0.2) is 11.5 Å². The second kappa shape index (κ2) is 9.97. The second-order valence-corrected chi connectivity index (χ2v) is 8.36. The number of rotatable bonds is 8. The van der Waals surface area contributed by atoms with Gasteiger partial charge < -0.3 is 14.2 Å². The first-order valence-electron chi connectivity index (χ1n) is 9.48. The molecule has 0 aromatic heterocycles. The number of hydrazone groups is 1. The van der Waals surface area contributed by atoms with Crippen molar-refractivity contribution >= 4 is 22.2 Å². The maximum atomic E-state index is 12.4. The fraction of sp³-hybridized carbons (Fsp3) is 0.130. The minimum atomic E-state index is -3.75. The number of nitrogens with one attached hydrogen (secondary N) is 1. The van der Waals surface area contributed by atoms with Crippen molar-refractivity contribution < 1.29 is 27.4 Å². The van der Waals surface area contributed by atoms with Gasteiger partial charge in [0.2, 0.25) is 0 Å². The van der Waals surface area contributed by atoms with Crippen LogP contribution in [0, 0.1) is 6.92 Å². The van der Waals surface area contributed by atoms with E-state index in [1.54, 1.807) is 48.5 Å². The molecule has 0 amide bonds. The van der Waals surface area contributed by atoms with E-state index in [0.29, 0.717) is 28.4 Å². The highest BCUT2D eigenvalue weighted by Gasteiger charge is 2.13. The minimum Gasteiger partial charge on any atom is -0.493 e. The van der Waals surface area contributed by atoms with Gasteiger partial charge in [-0.3, -0.25) is 0 Å². The standard InChI is InChI=1S/C23H22N2O6S/c1-16-4-11-20(12-5-16)32(27,28)25-24-15-17-6-9-19(10-7-17)31-23(26)18-8-13-21(29-2)22(14-18)30-3/h4-15,25H,1-3H3/b24-15-. The molecule has 0 aliphatic rings. The van der Waals surface area contributed by atoms with Crippen LogP contribution in [0.5, 0.6) is 17.2 Å². The summed E-state index contributed by atoms with van der Waals surface area (Å²) in [5.74, 6) is 0.688. The van der Waals surface area contributed by atoms with E-state index in [1.807, 2.05) is 6.92 Å². The summed E-state index contributed by atoms with van der Waals surface area (Å²) < 4.78 is 40.2. The SMILES string of the molecule is COc1ccc(C(=O)Oc2ccc(/C=N\NS(=O)(=O)c3ccc(C)cc3)cc2)cc1OC. The molecule has 166 valence electrons. The average molecular weight is 455 g/mol. The summed E-state index contributed by atoms with van der Waals surface area (Å²) in [5, 5.41) is 3.79. The van der Waals surface area contributed by atoms with Crippen molar-refractivity contribution in [2.75, 3.05) is 14.2 Å². The first-order chi connectivity index (χ1) is 15.3. The maximum absolute atomic E-state index is 12.4. The second-order valence-electron chi connectivity index (χ2n) is 6.69. The van der Waals surface area contributed by atoms with Gasteiger partial charge in [-0.2, -0.15) is 13.5 Å². The summed E-state index contributed by atoms with van der Waals surface area (Å²) in [6.45, 7) is 1.87. The lowest BCUT2D eigenvalue weighted by Crippen LogP contribution is -2.18. The van der Waals surface area contributed by atoms with Gasteiger partial charge in [-0.05, 0) is 67.1 Å². The maximum Gasteiger partial charge on any atom is 0.343 e. The van der Waals surface area contributed by atoms with E-state index in [0.717, 1.165) is 5.56 Å². The van der Waals surface area contributed by atoms with E-state index in [4.69, 9.17) is 14.2 Å². The number of nitrogens with zero attached hydrogens (tertiary/aromatic N) is 1. The Morgan fingerprint density at radius 2 is 1.56 bits per heavy atom. The monoisotopic (exact) mass is 454 g/mol. The molecular weight excluding hydrogens is 432 g/mol. The summed E-state index contributed by atoms with van der Waals surface area (Å²) >= 11 is 0. The van der Waals surface area contributed by atoms with E-state index in [9.17, 15) is 13.2 Å². The molecule has 0 saturated carbocycles. The third-order valence-electron chi connectivity index (χ3n) is 4.43. The Labute approximate surface area is 186 Å². The quantitative estimate of drug-likeness (QED) is 0.242. The highest BCUT2D eigenvalue weighted by atomic mass is 32.2. The molecule has 0 fully saturated rings. The van der Waals surface area contributed by atoms with Crippen LogP contribution in [0.1, 0.15) is 21.5 Å². The zero-order valence-electron chi connectivity index (χ0n) is 17.7. The number of esters is 1. The van der Waals surface area contributed by atoms with Crippen LogP contribution >= 0.6 is 0 Å². The van der Waals surface area contributed by atoms with Gasteiger partial charge in [0, 0.05) is 0 Å². The largest absolute Gasteiger partial charge is 0.493 e. The summed E-state index contributed by atoms with van der Waals surface area (Å²) in [6, 6.07) is 17.6. The molecule has 8 nitrogen and oxygen atoms in total. The van der Waals surface area contributed by atoms with Crippen LogP contribution in [0.25, 0.3) is 0 Å². The molecule has 9 heteroatoms. The molecule has 3 aromatic rings. The number of methoxy groups -OCH3 is 2.